The van der Waals surface area contributed by atoms with Crippen molar-refractivity contribution in [3.63, 3.8) is 0 Å². The molecule has 0 fully saturated rings. The topological polar surface area (TPSA) is 9.23 Å². The van der Waals surface area contributed by atoms with Crippen LogP contribution in [-0.4, -0.2) is 7.11 Å². The lowest BCUT2D eigenvalue weighted by Gasteiger charge is -2.14. The predicted octanol–water partition coefficient (Wildman–Crippen LogP) is 5.73. The minimum absolute atomic E-state index is 0.289. The smallest absolute Gasteiger partial charge is 0.129 e. The lowest BCUT2D eigenvalue weighted by Crippen LogP contribution is -1.98. The van der Waals surface area contributed by atoms with Crippen molar-refractivity contribution in [1.29, 1.82) is 0 Å². The van der Waals surface area contributed by atoms with Gasteiger partial charge in [-0.2, -0.15) is 0 Å². The van der Waals surface area contributed by atoms with Gasteiger partial charge in [0.05, 0.1) is 11.9 Å². The van der Waals surface area contributed by atoms with E-state index in [9.17, 15) is 4.39 Å². The van der Waals surface area contributed by atoms with E-state index < -0.39 is 0 Å². The highest BCUT2D eigenvalue weighted by molar-refractivity contribution is 9.10. The van der Waals surface area contributed by atoms with E-state index >= 15 is 0 Å². The van der Waals surface area contributed by atoms with Crippen LogP contribution in [0.5, 0.6) is 5.75 Å². The van der Waals surface area contributed by atoms with Crippen molar-refractivity contribution >= 4 is 43.5 Å². The summed E-state index contributed by atoms with van der Waals surface area (Å²) in [5, 5.41) is 0.531. The molecular weight excluding hydrogens is 398 g/mol. The fourth-order valence-corrected chi connectivity index (χ4v) is 3.23. The maximum atomic E-state index is 13.9. The van der Waals surface area contributed by atoms with Crippen LogP contribution in [0.25, 0.3) is 0 Å². The number of methoxy groups -OCH3 is 1. The summed E-state index contributed by atoms with van der Waals surface area (Å²) in [7, 11) is 1.57. The first-order chi connectivity index (χ1) is 9.02. The molecule has 0 aliphatic heterocycles. The Hall–Kier alpha value is -0.580. The van der Waals surface area contributed by atoms with Crippen LogP contribution in [0, 0.1) is 5.82 Å². The van der Waals surface area contributed by atoms with Crippen LogP contribution < -0.4 is 4.74 Å². The second-order valence-electron chi connectivity index (χ2n) is 3.92. The van der Waals surface area contributed by atoms with Gasteiger partial charge in [0, 0.05) is 15.1 Å². The monoisotopic (exact) mass is 406 g/mol. The van der Waals surface area contributed by atoms with Crippen molar-refractivity contribution in [3.05, 3.63) is 62.8 Å². The summed E-state index contributed by atoms with van der Waals surface area (Å²) < 4.78 is 19.7. The molecule has 19 heavy (non-hydrogen) atoms. The van der Waals surface area contributed by atoms with Crippen molar-refractivity contribution < 1.29 is 9.13 Å². The number of hydrogen-bond donors (Lipinski definition) is 0. The molecule has 1 unspecified atom stereocenters. The van der Waals surface area contributed by atoms with Gasteiger partial charge >= 0.3 is 0 Å². The van der Waals surface area contributed by atoms with Crippen molar-refractivity contribution in [2.24, 2.45) is 0 Å². The minimum atomic E-state index is -0.306. The van der Waals surface area contributed by atoms with Gasteiger partial charge in [-0.3, -0.25) is 0 Å². The average molecular weight is 408 g/mol. The molecule has 0 bridgehead atoms. The fourth-order valence-electron chi connectivity index (χ4n) is 1.71. The molecule has 0 spiro atoms. The lowest BCUT2D eigenvalue weighted by atomic mass is 10.0. The Labute approximate surface area is 133 Å². The second-order valence-corrected chi connectivity index (χ2v) is 6.15. The molecule has 0 saturated carbocycles. The number of alkyl halides is 1. The first-order valence-electron chi connectivity index (χ1n) is 5.45. The number of rotatable bonds is 3. The minimum Gasteiger partial charge on any atom is -0.497 e. The van der Waals surface area contributed by atoms with Crippen LogP contribution in [0.15, 0.2) is 40.9 Å². The predicted molar refractivity (Wildman–Crippen MR) is 82.9 cm³/mol. The zero-order valence-electron chi connectivity index (χ0n) is 9.96. The molecule has 1 nitrogen and oxygen atoms in total. The summed E-state index contributed by atoms with van der Waals surface area (Å²) in [4.78, 5) is -0.306. The van der Waals surface area contributed by atoms with E-state index in [1.807, 2.05) is 6.07 Å². The first-order valence-corrected chi connectivity index (χ1v) is 7.54. The normalized spacial score (nSPS) is 12.3. The van der Waals surface area contributed by atoms with Crippen molar-refractivity contribution in [2.75, 3.05) is 7.11 Å². The molecule has 0 aliphatic rings. The van der Waals surface area contributed by atoms with E-state index in [4.69, 9.17) is 16.3 Å². The third-order valence-corrected chi connectivity index (χ3v) is 4.52. The summed E-state index contributed by atoms with van der Waals surface area (Å²) in [5.41, 5.74) is 1.33. The second kappa shape index (κ2) is 6.25. The molecule has 0 N–H and O–H groups in total. The molecule has 0 amide bonds. The molecule has 5 heteroatoms. The number of benzene rings is 2. The zero-order chi connectivity index (χ0) is 14.0. The van der Waals surface area contributed by atoms with Gasteiger partial charge in [0.15, 0.2) is 0 Å². The van der Waals surface area contributed by atoms with Gasteiger partial charge in [0.2, 0.25) is 0 Å². The molecule has 1 atom stereocenters. The highest BCUT2D eigenvalue weighted by Crippen LogP contribution is 2.38. The molecule has 0 heterocycles. The summed E-state index contributed by atoms with van der Waals surface area (Å²) in [5.74, 6) is 0.382. The summed E-state index contributed by atoms with van der Waals surface area (Å²) in [6, 6.07) is 10.3. The summed E-state index contributed by atoms with van der Waals surface area (Å²) in [6.45, 7) is 0. The Morgan fingerprint density at radius 2 is 1.84 bits per heavy atom. The highest BCUT2D eigenvalue weighted by atomic mass is 79.9. The summed E-state index contributed by atoms with van der Waals surface area (Å²) in [6.07, 6.45) is 0. The van der Waals surface area contributed by atoms with Crippen molar-refractivity contribution in [2.45, 2.75) is 4.83 Å². The standard InChI is InChI=1S/C14H10Br2ClFO/c1-19-9-3-5-10(12(17)7-9)14(16)11-4-2-8(15)6-13(11)18/h2-7,14H,1H3. The fraction of sp³-hybridized carbons (Fsp3) is 0.143. The zero-order valence-corrected chi connectivity index (χ0v) is 13.9. The van der Waals surface area contributed by atoms with E-state index in [1.54, 1.807) is 31.4 Å². The van der Waals surface area contributed by atoms with Crippen LogP contribution in [-0.2, 0) is 0 Å². The number of halogens is 4. The Bertz CT molecular complexity index is 604. The van der Waals surface area contributed by atoms with Crippen molar-refractivity contribution in [3.8, 4) is 5.75 Å². The SMILES string of the molecule is COc1ccc(C(Br)c2ccc(Br)cc2F)c(Cl)c1. The van der Waals surface area contributed by atoms with Crippen molar-refractivity contribution in [1.82, 2.24) is 0 Å². The van der Waals surface area contributed by atoms with Crippen LogP contribution in [0.1, 0.15) is 16.0 Å². The van der Waals surface area contributed by atoms with Gasteiger partial charge in [-0.1, -0.05) is 55.6 Å². The molecule has 100 valence electrons. The van der Waals surface area contributed by atoms with Gasteiger partial charge in [-0.05, 0) is 29.8 Å². The number of ether oxygens (including phenoxy) is 1. The Morgan fingerprint density at radius 1 is 1.16 bits per heavy atom. The third-order valence-electron chi connectivity index (χ3n) is 2.72. The van der Waals surface area contributed by atoms with E-state index in [0.29, 0.717) is 20.8 Å². The molecule has 2 aromatic carbocycles. The van der Waals surface area contributed by atoms with E-state index in [1.165, 1.54) is 6.07 Å². The molecule has 0 aliphatic carbocycles. The molecule has 2 rings (SSSR count). The maximum Gasteiger partial charge on any atom is 0.129 e. The third kappa shape index (κ3) is 3.30. The molecule has 0 radical (unpaired) electrons. The molecular formula is C14H10Br2ClFO. The van der Waals surface area contributed by atoms with E-state index in [2.05, 4.69) is 31.9 Å². The van der Waals surface area contributed by atoms with Crippen LogP contribution >= 0.6 is 43.5 Å². The Kier molecular flexibility index (Phi) is 4.87. The van der Waals surface area contributed by atoms with Gasteiger partial charge in [-0.25, -0.2) is 4.39 Å². The van der Waals surface area contributed by atoms with E-state index in [0.717, 1.165) is 5.56 Å². The summed E-state index contributed by atoms with van der Waals surface area (Å²) >= 11 is 12.9. The van der Waals surface area contributed by atoms with Gasteiger partial charge in [0.1, 0.15) is 11.6 Å². The molecule has 0 saturated heterocycles. The average Bonchev–Trinajstić information content (AvgIpc) is 2.37. The molecule has 0 aromatic heterocycles. The Morgan fingerprint density at radius 3 is 2.42 bits per heavy atom. The Balaban J connectivity index is 2.41. The van der Waals surface area contributed by atoms with Gasteiger partial charge in [0.25, 0.3) is 0 Å². The largest absolute Gasteiger partial charge is 0.497 e. The number of hydrogen-bond acceptors (Lipinski definition) is 1. The van der Waals surface area contributed by atoms with E-state index in [-0.39, 0.29) is 10.6 Å². The van der Waals surface area contributed by atoms with Crippen LogP contribution in [0.4, 0.5) is 4.39 Å². The first kappa shape index (κ1) is 14.8. The van der Waals surface area contributed by atoms with Gasteiger partial charge in [-0.15, -0.1) is 0 Å². The maximum absolute atomic E-state index is 13.9. The van der Waals surface area contributed by atoms with Crippen LogP contribution in [0.3, 0.4) is 0 Å². The van der Waals surface area contributed by atoms with Gasteiger partial charge < -0.3 is 4.74 Å². The lowest BCUT2D eigenvalue weighted by molar-refractivity contribution is 0.414. The molecule has 2 aromatic rings. The highest BCUT2D eigenvalue weighted by Gasteiger charge is 2.18. The van der Waals surface area contributed by atoms with Crippen LogP contribution in [0.2, 0.25) is 5.02 Å². The quantitative estimate of drug-likeness (QED) is 0.589.